The van der Waals surface area contributed by atoms with E-state index >= 15 is 0 Å². The predicted molar refractivity (Wildman–Crippen MR) is 82.4 cm³/mol. The third-order valence-corrected chi connectivity index (χ3v) is 3.29. The molecular weight excluding hydrogens is 264 g/mol. The van der Waals surface area contributed by atoms with Gasteiger partial charge in [-0.05, 0) is 36.1 Å². The summed E-state index contributed by atoms with van der Waals surface area (Å²) in [5.74, 6) is 0.343. The van der Waals surface area contributed by atoms with Crippen molar-refractivity contribution in [3.63, 3.8) is 0 Å². The number of ether oxygens (including phenoxy) is 2. The number of methoxy groups -OCH3 is 1. The minimum atomic E-state index is -0.546. The third-order valence-electron chi connectivity index (χ3n) is 3.29. The molecule has 0 aromatic heterocycles. The summed E-state index contributed by atoms with van der Waals surface area (Å²) in [7, 11) is 1.37. The van der Waals surface area contributed by atoms with Gasteiger partial charge in [0.25, 0.3) is 0 Å². The molecule has 1 unspecified atom stereocenters. The second-order valence-electron chi connectivity index (χ2n) is 4.84. The van der Waals surface area contributed by atoms with Gasteiger partial charge in [0.1, 0.15) is 5.75 Å². The first-order valence-corrected chi connectivity index (χ1v) is 7.10. The molecule has 21 heavy (non-hydrogen) atoms. The van der Waals surface area contributed by atoms with E-state index in [1.54, 1.807) is 0 Å². The van der Waals surface area contributed by atoms with Gasteiger partial charge in [-0.1, -0.05) is 49.4 Å². The molecule has 0 bridgehead atoms. The fourth-order valence-corrected chi connectivity index (χ4v) is 2.11. The Labute approximate surface area is 125 Å². The van der Waals surface area contributed by atoms with Crippen LogP contribution in [0.25, 0.3) is 0 Å². The third kappa shape index (κ3) is 4.35. The predicted octanol–water partition coefficient (Wildman–Crippen LogP) is 3.61. The van der Waals surface area contributed by atoms with Crippen LogP contribution in [0, 0.1) is 0 Å². The highest BCUT2D eigenvalue weighted by atomic mass is 16.6. The molecule has 0 aliphatic rings. The fourth-order valence-electron chi connectivity index (χ4n) is 2.11. The smallest absolute Gasteiger partial charge is 0.347 e. The monoisotopic (exact) mass is 284 g/mol. The minimum Gasteiger partial charge on any atom is -0.479 e. The lowest BCUT2D eigenvalue weighted by Crippen LogP contribution is -2.27. The summed E-state index contributed by atoms with van der Waals surface area (Å²) in [4.78, 5) is 11.5. The molecule has 0 fully saturated rings. The van der Waals surface area contributed by atoms with Gasteiger partial charge in [-0.25, -0.2) is 4.79 Å². The first kappa shape index (κ1) is 15.1. The van der Waals surface area contributed by atoms with Crippen LogP contribution in [-0.4, -0.2) is 19.2 Å². The average Bonchev–Trinajstić information content (AvgIpc) is 2.54. The van der Waals surface area contributed by atoms with E-state index in [0.29, 0.717) is 12.2 Å². The Morgan fingerprint density at radius 1 is 1.00 bits per heavy atom. The number of hydrogen-bond acceptors (Lipinski definition) is 3. The second-order valence-corrected chi connectivity index (χ2v) is 4.84. The minimum absolute atomic E-state index is 0.342. The van der Waals surface area contributed by atoms with Gasteiger partial charge in [0, 0.05) is 0 Å². The summed E-state index contributed by atoms with van der Waals surface area (Å²) in [5.41, 5.74) is 2.48. The molecule has 0 heterocycles. The van der Waals surface area contributed by atoms with Gasteiger partial charge < -0.3 is 9.47 Å². The Bertz CT molecular complexity index is 561. The molecule has 2 rings (SSSR count). The number of carbonyl (C=O) groups is 1. The molecule has 0 spiro atoms. The van der Waals surface area contributed by atoms with Gasteiger partial charge in [-0.15, -0.1) is 0 Å². The number of hydrogen-bond donors (Lipinski definition) is 0. The van der Waals surface area contributed by atoms with Crippen molar-refractivity contribution < 1.29 is 14.3 Å². The maximum atomic E-state index is 11.5. The topological polar surface area (TPSA) is 35.5 Å². The van der Waals surface area contributed by atoms with Crippen molar-refractivity contribution in [3.05, 3.63) is 65.7 Å². The Hall–Kier alpha value is -2.29. The maximum absolute atomic E-state index is 11.5. The summed E-state index contributed by atoms with van der Waals surface area (Å²) in [5, 5.41) is 0. The molecule has 110 valence electrons. The molecular formula is C18H20O3. The fraction of sp³-hybridized carbons (Fsp3) is 0.278. The van der Waals surface area contributed by atoms with E-state index in [9.17, 15) is 4.79 Å². The first-order valence-electron chi connectivity index (χ1n) is 7.10. The number of rotatable bonds is 6. The Balaban J connectivity index is 2.00. The molecule has 3 heteroatoms. The van der Waals surface area contributed by atoms with Crippen LogP contribution in [0.5, 0.6) is 5.75 Å². The molecule has 0 amide bonds. The molecule has 1 atom stereocenters. The summed E-state index contributed by atoms with van der Waals surface area (Å²) >= 11 is 0. The van der Waals surface area contributed by atoms with Crippen LogP contribution in [0.15, 0.2) is 54.6 Å². The van der Waals surface area contributed by atoms with Crippen molar-refractivity contribution in [3.8, 4) is 5.75 Å². The van der Waals surface area contributed by atoms with Gasteiger partial charge >= 0.3 is 5.97 Å². The van der Waals surface area contributed by atoms with Crippen molar-refractivity contribution in [1.29, 1.82) is 0 Å². The molecule has 2 aromatic carbocycles. The van der Waals surface area contributed by atoms with Gasteiger partial charge in [0.2, 0.25) is 0 Å². The highest BCUT2D eigenvalue weighted by molar-refractivity contribution is 5.74. The molecule has 0 saturated heterocycles. The van der Waals surface area contributed by atoms with Crippen LogP contribution in [0.3, 0.4) is 0 Å². The second kappa shape index (κ2) is 7.48. The van der Waals surface area contributed by atoms with Crippen LogP contribution in [-0.2, 0) is 16.0 Å². The highest BCUT2D eigenvalue weighted by Crippen LogP contribution is 2.17. The van der Waals surface area contributed by atoms with Crippen molar-refractivity contribution in [2.75, 3.05) is 7.11 Å². The van der Waals surface area contributed by atoms with E-state index in [4.69, 9.17) is 9.47 Å². The molecule has 3 nitrogen and oxygen atoms in total. The van der Waals surface area contributed by atoms with Crippen LogP contribution in [0.2, 0.25) is 0 Å². The Kier molecular flexibility index (Phi) is 5.38. The lowest BCUT2D eigenvalue weighted by molar-refractivity contribution is -0.148. The summed E-state index contributed by atoms with van der Waals surface area (Å²) in [6.45, 7) is 1.89. The zero-order valence-electron chi connectivity index (χ0n) is 12.4. The van der Waals surface area contributed by atoms with Crippen molar-refractivity contribution >= 4 is 5.97 Å². The van der Waals surface area contributed by atoms with Gasteiger partial charge in [-0.3, -0.25) is 0 Å². The van der Waals surface area contributed by atoms with Crippen LogP contribution < -0.4 is 4.74 Å². The molecule has 2 aromatic rings. The standard InChI is InChI=1S/C18H20O3/c1-3-17(18(19)20-2)21-16-11-9-15(10-12-16)13-14-7-5-4-6-8-14/h4-12,17H,3,13H2,1-2H3. The van der Waals surface area contributed by atoms with Crippen LogP contribution in [0.1, 0.15) is 24.5 Å². The summed E-state index contributed by atoms with van der Waals surface area (Å²) in [6, 6.07) is 18.1. The summed E-state index contributed by atoms with van der Waals surface area (Å²) in [6.07, 6.45) is 0.920. The highest BCUT2D eigenvalue weighted by Gasteiger charge is 2.18. The Morgan fingerprint density at radius 3 is 2.19 bits per heavy atom. The van der Waals surface area contributed by atoms with E-state index in [2.05, 4.69) is 12.1 Å². The van der Waals surface area contributed by atoms with E-state index < -0.39 is 6.10 Å². The number of esters is 1. The molecule has 0 saturated carbocycles. The zero-order chi connectivity index (χ0) is 15.1. The van der Waals surface area contributed by atoms with Crippen LogP contribution >= 0.6 is 0 Å². The van der Waals surface area contributed by atoms with Crippen molar-refractivity contribution in [1.82, 2.24) is 0 Å². The van der Waals surface area contributed by atoms with Gasteiger partial charge in [-0.2, -0.15) is 0 Å². The first-order chi connectivity index (χ1) is 10.2. The number of benzene rings is 2. The number of carbonyl (C=O) groups excluding carboxylic acids is 1. The van der Waals surface area contributed by atoms with Gasteiger partial charge in [0.05, 0.1) is 7.11 Å². The van der Waals surface area contributed by atoms with Crippen molar-refractivity contribution in [2.45, 2.75) is 25.9 Å². The van der Waals surface area contributed by atoms with E-state index in [0.717, 1.165) is 6.42 Å². The molecule has 0 aliphatic carbocycles. The average molecular weight is 284 g/mol. The SMILES string of the molecule is CCC(Oc1ccc(Cc2ccccc2)cc1)C(=O)OC. The lowest BCUT2D eigenvalue weighted by atomic mass is 10.1. The normalized spacial score (nSPS) is 11.7. The molecule has 0 aliphatic heterocycles. The van der Waals surface area contributed by atoms with E-state index in [1.165, 1.54) is 18.2 Å². The van der Waals surface area contributed by atoms with Crippen LogP contribution in [0.4, 0.5) is 0 Å². The zero-order valence-corrected chi connectivity index (χ0v) is 12.4. The quantitative estimate of drug-likeness (QED) is 0.760. The summed E-state index contributed by atoms with van der Waals surface area (Å²) < 4.78 is 10.4. The van der Waals surface area contributed by atoms with E-state index in [-0.39, 0.29) is 5.97 Å². The largest absolute Gasteiger partial charge is 0.479 e. The van der Waals surface area contributed by atoms with Crippen molar-refractivity contribution in [2.24, 2.45) is 0 Å². The molecule has 0 radical (unpaired) electrons. The molecule has 0 N–H and O–H groups in total. The van der Waals surface area contributed by atoms with Gasteiger partial charge in [0.15, 0.2) is 6.10 Å². The maximum Gasteiger partial charge on any atom is 0.347 e. The van der Waals surface area contributed by atoms with E-state index in [1.807, 2.05) is 49.4 Å². The Morgan fingerprint density at radius 2 is 1.62 bits per heavy atom. The lowest BCUT2D eigenvalue weighted by Gasteiger charge is -2.15.